The van der Waals surface area contributed by atoms with Crippen molar-refractivity contribution < 1.29 is 9.47 Å². The van der Waals surface area contributed by atoms with Crippen LogP contribution in [-0.4, -0.2) is 47.5 Å². The summed E-state index contributed by atoms with van der Waals surface area (Å²) in [6.45, 7) is 8.08. The van der Waals surface area contributed by atoms with Crippen LogP contribution in [0.15, 0.2) is 36.8 Å². The maximum Gasteiger partial charge on any atom is 0.210 e. The Morgan fingerprint density at radius 3 is 2.66 bits per heavy atom. The van der Waals surface area contributed by atoms with Crippen molar-refractivity contribution in [2.45, 2.75) is 57.4 Å². The van der Waals surface area contributed by atoms with Gasteiger partial charge in [-0.1, -0.05) is 20.8 Å². The van der Waals surface area contributed by atoms with E-state index in [9.17, 15) is 0 Å². The van der Waals surface area contributed by atoms with E-state index < -0.39 is 0 Å². The minimum absolute atomic E-state index is 0.0483. The van der Waals surface area contributed by atoms with E-state index in [1.807, 2.05) is 17.7 Å². The predicted octanol–water partition coefficient (Wildman–Crippen LogP) is 5.71. The maximum atomic E-state index is 6.19. The molecule has 1 aliphatic carbocycles. The van der Waals surface area contributed by atoms with E-state index in [1.165, 1.54) is 24.1 Å². The molecule has 1 unspecified atom stereocenters. The van der Waals surface area contributed by atoms with Crippen LogP contribution in [0.25, 0.3) is 22.2 Å². The third kappa shape index (κ3) is 4.09. The van der Waals surface area contributed by atoms with Crippen LogP contribution in [-0.2, 0) is 17.2 Å². The van der Waals surface area contributed by atoms with Crippen LogP contribution in [0.4, 0.5) is 11.8 Å². The molecule has 0 spiro atoms. The van der Waals surface area contributed by atoms with Gasteiger partial charge in [-0.25, -0.2) is 9.97 Å². The summed E-state index contributed by atoms with van der Waals surface area (Å²) in [6, 6.07) is 6.38. The molecule has 1 aliphatic heterocycles. The largest absolute Gasteiger partial charge is 0.454 e. The molecule has 10 nitrogen and oxygen atoms in total. The fourth-order valence-electron chi connectivity index (χ4n) is 5.27. The molecular weight excluding hydrogens is 480 g/mol. The van der Waals surface area contributed by atoms with Gasteiger partial charge in [0.15, 0.2) is 11.5 Å². The molecule has 6 heterocycles. The number of fused-ring (bicyclic) bond motifs is 2. The number of nitrogens with one attached hydrogen (secondary N) is 2. The number of imidazole rings is 1. The van der Waals surface area contributed by atoms with Gasteiger partial charge in [0.25, 0.3) is 0 Å². The van der Waals surface area contributed by atoms with Crippen molar-refractivity contribution in [3.63, 3.8) is 0 Å². The molecule has 10 heteroatoms. The summed E-state index contributed by atoms with van der Waals surface area (Å²) in [5.41, 5.74) is 4.84. The highest BCUT2D eigenvalue weighted by Gasteiger charge is 2.28. The van der Waals surface area contributed by atoms with Crippen LogP contribution < -0.4 is 10.1 Å². The highest BCUT2D eigenvalue weighted by Crippen LogP contribution is 2.43. The molecule has 7 rings (SSSR count). The second-order valence-electron chi connectivity index (χ2n) is 11.4. The molecular formula is C28H32N8O2. The summed E-state index contributed by atoms with van der Waals surface area (Å²) >= 11 is 0. The fraction of sp³-hybridized carbons (Fsp3) is 0.429. The third-order valence-electron chi connectivity index (χ3n) is 7.50. The minimum atomic E-state index is -0.0483. The normalized spacial score (nSPS) is 18.1. The van der Waals surface area contributed by atoms with Crippen molar-refractivity contribution in [3.8, 4) is 11.5 Å². The van der Waals surface area contributed by atoms with Gasteiger partial charge < -0.3 is 24.3 Å². The SMILES string of the molecule is Cn1c(Nc2cc(C(C)(C)C)n(C3CCOC3)n2)nc2ncc(Oc3cnc4[nH]cc(C5CC5)c4c3)cc21. The highest BCUT2D eigenvalue weighted by molar-refractivity contribution is 5.82. The zero-order valence-corrected chi connectivity index (χ0v) is 22.2. The van der Waals surface area contributed by atoms with E-state index in [1.54, 1.807) is 12.4 Å². The number of H-pyrrole nitrogens is 1. The molecule has 0 amide bonds. The summed E-state index contributed by atoms with van der Waals surface area (Å²) in [6.07, 6.45) is 8.97. The first-order valence-corrected chi connectivity index (χ1v) is 13.3. The summed E-state index contributed by atoms with van der Waals surface area (Å²) in [5, 5.41) is 9.44. The van der Waals surface area contributed by atoms with Crippen LogP contribution >= 0.6 is 0 Å². The van der Waals surface area contributed by atoms with Crippen molar-refractivity contribution in [2.24, 2.45) is 7.05 Å². The number of anilines is 2. The van der Waals surface area contributed by atoms with Crippen LogP contribution in [0.3, 0.4) is 0 Å². The van der Waals surface area contributed by atoms with Crippen molar-refractivity contribution in [1.29, 1.82) is 0 Å². The molecule has 1 saturated heterocycles. The number of ether oxygens (including phenoxy) is 2. The monoisotopic (exact) mass is 512 g/mol. The molecule has 2 aliphatic rings. The molecule has 0 radical (unpaired) electrons. The summed E-state index contributed by atoms with van der Waals surface area (Å²) in [5.74, 6) is 3.39. The Bertz CT molecular complexity index is 1650. The van der Waals surface area contributed by atoms with Crippen LogP contribution in [0.5, 0.6) is 11.5 Å². The Hall–Kier alpha value is -3.92. The van der Waals surface area contributed by atoms with E-state index in [0.717, 1.165) is 35.4 Å². The maximum absolute atomic E-state index is 6.19. The molecule has 196 valence electrons. The average molecular weight is 513 g/mol. The Morgan fingerprint density at radius 2 is 1.89 bits per heavy atom. The topological polar surface area (TPSA) is 108 Å². The summed E-state index contributed by atoms with van der Waals surface area (Å²) in [4.78, 5) is 17.1. The first-order valence-electron chi connectivity index (χ1n) is 13.3. The second-order valence-corrected chi connectivity index (χ2v) is 11.4. The van der Waals surface area contributed by atoms with Crippen molar-refractivity contribution in [3.05, 3.63) is 48.0 Å². The fourth-order valence-corrected chi connectivity index (χ4v) is 5.27. The van der Waals surface area contributed by atoms with E-state index in [4.69, 9.17) is 19.6 Å². The van der Waals surface area contributed by atoms with Crippen LogP contribution in [0.1, 0.15) is 63.3 Å². The van der Waals surface area contributed by atoms with Gasteiger partial charge in [0.05, 0.1) is 30.6 Å². The molecule has 0 bridgehead atoms. The summed E-state index contributed by atoms with van der Waals surface area (Å²) < 4.78 is 15.9. The highest BCUT2D eigenvalue weighted by atomic mass is 16.5. The number of hydrogen-bond acceptors (Lipinski definition) is 7. The Morgan fingerprint density at radius 1 is 1.08 bits per heavy atom. The predicted molar refractivity (Wildman–Crippen MR) is 145 cm³/mol. The molecule has 5 aromatic heterocycles. The number of rotatable bonds is 6. The molecule has 0 aromatic carbocycles. The van der Waals surface area contributed by atoms with E-state index >= 15 is 0 Å². The first-order chi connectivity index (χ1) is 18.3. The van der Waals surface area contributed by atoms with Gasteiger partial charge in [-0.3, -0.25) is 4.68 Å². The Kier molecular flexibility index (Phi) is 5.23. The third-order valence-corrected chi connectivity index (χ3v) is 7.50. The lowest BCUT2D eigenvalue weighted by atomic mass is 9.91. The second kappa shape index (κ2) is 8.56. The van der Waals surface area contributed by atoms with Gasteiger partial charge in [0.2, 0.25) is 5.95 Å². The van der Waals surface area contributed by atoms with Gasteiger partial charge >= 0.3 is 0 Å². The van der Waals surface area contributed by atoms with E-state index in [2.05, 4.69) is 64.1 Å². The van der Waals surface area contributed by atoms with Crippen molar-refractivity contribution in [2.75, 3.05) is 18.5 Å². The lowest BCUT2D eigenvalue weighted by Gasteiger charge is -2.22. The zero-order valence-electron chi connectivity index (χ0n) is 22.2. The van der Waals surface area contributed by atoms with E-state index in [-0.39, 0.29) is 11.5 Å². The number of aryl methyl sites for hydroxylation is 1. The van der Waals surface area contributed by atoms with Crippen LogP contribution in [0.2, 0.25) is 0 Å². The average Bonchev–Trinajstić information content (AvgIpc) is 3.25. The van der Waals surface area contributed by atoms with E-state index in [0.29, 0.717) is 35.6 Å². The molecule has 2 fully saturated rings. The van der Waals surface area contributed by atoms with Crippen LogP contribution in [0, 0.1) is 0 Å². The van der Waals surface area contributed by atoms with Gasteiger partial charge in [-0.05, 0) is 36.8 Å². The molecule has 1 atom stereocenters. The van der Waals surface area contributed by atoms with Gasteiger partial charge in [-0.2, -0.15) is 10.1 Å². The number of aromatic nitrogens is 7. The van der Waals surface area contributed by atoms with Gasteiger partial charge in [-0.15, -0.1) is 0 Å². The molecule has 5 aromatic rings. The standard InChI is InChI=1S/C28H32N8O2/c1-28(2,3)23-11-24(34-36(23)17-7-8-37-15-17)32-27-33-26-22(35(27)4)10-19(13-30-26)38-18-9-20-21(16-5-6-16)14-31-25(20)29-12-18/h9-14,16-17H,5-8,15H2,1-4H3,(H,29,31)(H,30,32,33,34). The van der Waals surface area contributed by atoms with Gasteiger partial charge in [0.1, 0.15) is 17.1 Å². The number of aromatic amines is 1. The smallest absolute Gasteiger partial charge is 0.210 e. The van der Waals surface area contributed by atoms with Crippen molar-refractivity contribution in [1.82, 2.24) is 34.3 Å². The van der Waals surface area contributed by atoms with Gasteiger partial charge in [0, 0.05) is 48.5 Å². The number of nitrogens with zero attached hydrogens (tertiary/aromatic N) is 6. The lowest BCUT2D eigenvalue weighted by Crippen LogP contribution is -2.22. The molecule has 2 N–H and O–H groups in total. The lowest BCUT2D eigenvalue weighted by molar-refractivity contribution is 0.183. The number of pyridine rings is 2. The Labute approximate surface area is 220 Å². The minimum Gasteiger partial charge on any atom is -0.454 e. The number of hydrogen-bond donors (Lipinski definition) is 2. The first kappa shape index (κ1) is 23.2. The molecule has 1 saturated carbocycles. The summed E-state index contributed by atoms with van der Waals surface area (Å²) in [7, 11) is 1.96. The molecule has 38 heavy (non-hydrogen) atoms. The Balaban J connectivity index is 1.16. The zero-order chi connectivity index (χ0) is 26.0. The van der Waals surface area contributed by atoms with Crippen molar-refractivity contribution >= 4 is 34.0 Å². The quantitative estimate of drug-likeness (QED) is 0.300.